The molecule has 2 heterocycles. The summed E-state index contributed by atoms with van der Waals surface area (Å²) < 4.78 is 28.2. The molecule has 2 aromatic heterocycles. The molecule has 0 fully saturated rings. The van der Waals surface area contributed by atoms with Crippen LogP contribution in [0.5, 0.6) is 0 Å². The van der Waals surface area contributed by atoms with Crippen LogP contribution >= 0.6 is 11.3 Å². The number of rotatable bonds is 7. The van der Waals surface area contributed by atoms with Crippen LogP contribution in [0.25, 0.3) is 10.2 Å². The number of thiophene rings is 1. The molecule has 160 valence electrons. The predicted octanol–water partition coefficient (Wildman–Crippen LogP) is 2.64. The lowest BCUT2D eigenvalue weighted by Crippen LogP contribution is -2.35. The van der Waals surface area contributed by atoms with E-state index >= 15 is 0 Å². The highest BCUT2D eigenvalue weighted by Gasteiger charge is 2.16. The SMILES string of the molecule is Cc1sc2ncn(NC(=O)CCNS(=O)(=O)c3ccc(C(C)C)cc3)c(=O)c2c1C. The number of nitrogens with one attached hydrogen (secondary N) is 2. The Labute approximate surface area is 179 Å². The maximum Gasteiger partial charge on any atom is 0.281 e. The Kier molecular flexibility index (Phi) is 6.39. The molecular weight excluding hydrogens is 424 g/mol. The maximum absolute atomic E-state index is 12.6. The number of carbonyl (C=O) groups excluding carboxylic acids is 1. The molecule has 0 aliphatic carbocycles. The molecule has 1 aromatic carbocycles. The molecule has 0 aliphatic heterocycles. The topological polar surface area (TPSA) is 110 Å². The van der Waals surface area contributed by atoms with Crippen molar-refractivity contribution in [2.75, 3.05) is 12.0 Å². The van der Waals surface area contributed by atoms with E-state index in [-0.39, 0.29) is 23.4 Å². The molecule has 3 rings (SSSR count). The first-order valence-electron chi connectivity index (χ1n) is 9.47. The van der Waals surface area contributed by atoms with E-state index in [0.29, 0.717) is 16.1 Å². The van der Waals surface area contributed by atoms with Crippen LogP contribution in [0.15, 0.2) is 40.3 Å². The van der Waals surface area contributed by atoms with Gasteiger partial charge in [0.15, 0.2) is 0 Å². The summed E-state index contributed by atoms with van der Waals surface area (Å²) in [6, 6.07) is 6.64. The Balaban J connectivity index is 1.62. The second-order valence-electron chi connectivity index (χ2n) is 7.29. The first kappa shape index (κ1) is 22.1. The van der Waals surface area contributed by atoms with Crippen molar-refractivity contribution in [3.8, 4) is 0 Å². The first-order valence-corrected chi connectivity index (χ1v) is 11.8. The van der Waals surface area contributed by atoms with Gasteiger partial charge in [-0.3, -0.25) is 15.0 Å². The van der Waals surface area contributed by atoms with Crippen molar-refractivity contribution in [2.45, 2.75) is 44.9 Å². The monoisotopic (exact) mass is 448 g/mol. The van der Waals surface area contributed by atoms with E-state index in [4.69, 9.17) is 0 Å². The molecule has 0 atom stereocenters. The molecule has 30 heavy (non-hydrogen) atoms. The summed E-state index contributed by atoms with van der Waals surface area (Å²) in [6.07, 6.45) is 1.13. The quantitative estimate of drug-likeness (QED) is 0.577. The minimum atomic E-state index is -3.72. The molecule has 0 saturated carbocycles. The largest absolute Gasteiger partial charge is 0.281 e. The number of fused-ring (bicyclic) bond motifs is 1. The highest BCUT2D eigenvalue weighted by atomic mass is 32.2. The van der Waals surface area contributed by atoms with Crippen LogP contribution in [0.3, 0.4) is 0 Å². The van der Waals surface area contributed by atoms with Crippen molar-refractivity contribution in [3.05, 3.63) is 57.0 Å². The van der Waals surface area contributed by atoms with E-state index in [9.17, 15) is 18.0 Å². The number of hydrogen-bond acceptors (Lipinski definition) is 6. The van der Waals surface area contributed by atoms with E-state index in [1.807, 2.05) is 27.7 Å². The molecule has 2 N–H and O–H groups in total. The van der Waals surface area contributed by atoms with Crippen molar-refractivity contribution in [3.63, 3.8) is 0 Å². The number of nitrogens with zero attached hydrogens (tertiary/aromatic N) is 2. The van der Waals surface area contributed by atoms with Gasteiger partial charge in [-0.05, 0) is 43.0 Å². The van der Waals surface area contributed by atoms with Crippen LogP contribution in [0.4, 0.5) is 0 Å². The van der Waals surface area contributed by atoms with Gasteiger partial charge in [0.1, 0.15) is 11.2 Å². The van der Waals surface area contributed by atoms with Crippen LogP contribution in [-0.2, 0) is 14.8 Å². The number of carbonyl (C=O) groups is 1. The summed E-state index contributed by atoms with van der Waals surface area (Å²) in [6.45, 7) is 7.71. The lowest BCUT2D eigenvalue weighted by Gasteiger charge is -2.10. The van der Waals surface area contributed by atoms with Crippen molar-refractivity contribution in [2.24, 2.45) is 0 Å². The normalized spacial score (nSPS) is 11.9. The van der Waals surface area contributed by atoms with Crippen LogP contribution in [0, 0.1) is 13.8 Å². The number of aromatic nitrogens is 2. The van der Waals surface area contributed by atoms with E-state index in [1.165, 1.54) is 17.7 Å². The van der Waals surface area contributed by atoms with E-state index < -0.39 is 15.9 Å². The second kappa shape index (κ2) is 8.66. The van der Waals surface area contributed by atoms with Gasteiger partial charge in [0.25, 0.3) is 5.56 Å². The molecule has 0 spiro atoms. The molecular formula is C20H24N4O4S2. The van der Waals surface area contributed by atoms with Crippen LogP contribution < -0.4 is 15.7 Å². The fraction of sp³-hybridized carbons (Fsp3) is 0.350. The molecule has 0 aliphatic rings. The van der Waals surface area contributed by atoms with Gasteiger partial charge in [0.05, 0.1) is 10.3 Å². The van der Waals surface area contributed by atoms with Gasteiger partial charge in [-0.2, -0.15) is 0 Å². The Bertz CT molecular complexity index is 1240. The van der Waals surface area contributed by atoms with Crippen LogP contribution in [-0.4, -0.2) is 30.5 Å². The third-order valence-corrected chi connectivity index (χ3v) is 7.43. The lowest BCUT2D eigenvalue weighted by molar-refractivity contribution is -0.117. The second-order valence-corrected chi connectivity index (χ2v) is 10.3. The maximum atomic E-state index is 12.6. The molecule has 8 nitrogen and oxygen atoms in total. The van der Waals surface area contributed by atoms with E-state index in [2.05, 4.69) is 15.1 Å². The zero-order valence-corrected chi connectivity index (χ0v) is 18.9. The van der Waals surface area contributed by atoms with Crippen LogP contribution in [0.1, 0.15) is 42.2 Å². The van der Waals surface area contributed by atoms with Gasteiger partial charge in [0.2, 0.25) is 15.9 Å². The van der Waals surface area contributed by atoms with Gasteiger partial charge < -0.3 is 0 Å². The number of aryl methyl sites for hydroxylation is 2. The minimum absolute atomic E-state index is 0.0961. The average Bonchev–Trinajstić information content (AvgIpc) is 2.98. The summed E-state index contributed by atoms with van der Waals surface area (Å²) in [5.74, 6) is -0.196. The molecule has 0 radical (unpaired) electrons. The third-order valence-electron chi connectivity index (χ3n) is 4.84. The predicted molar refractivity (Wildman–Crippen MR) is 118 cm³/mol. The number of sulfonamides is 1. The smallest absolute Gasteiger partial charge is 0.273 e. The summed E-state index contributed by atoms with van der Waals surface area (Å²) in [7, 11) is -3.72. The minimum Gasteiger partial charge on any atom is -0.273 e. The third kappa shape index (κ3) is 4.61. The lowest BCUT2D eigenvalue weighted by atomic mass is 10.0. The Morgan fingerprint density at radius 3 is 2.50 bits per heavy atom. The standard InChI is InChI=1S/C20H24N4O4S2/c1-12(2)15-5-7-16(8-6-15)30(27,28)22-10-9-17(25)23-24-11-21-19-18(20(24)26)13(3)14(4)29-19/h5-8,11-12,22H,9-10H2,1-4H3,(H,23,25). The molecule has 1 amide bonds. The molecule has 0 bridgehead atoms. The van der Waals surface area contributed by atoms with E-state index in [1.54, 1.807) is 24.3 Å². The first-order chi connectivity index (χ1) is 14.1. The van der Waals surface area contributed by atoms with Gasteiger partial charge in [-0.15, -0.1) is 11.3 Å². The molecule has 3 aromatic rings. The summed E-state index contributed by atoms with van der Waals surface area (Å²) >= 11 is 1.42. The number of amides is 1. The molecule has 10 heteroatoms. The fourth-order valence-corrected chi connectivity index (χ4v) is 4.94. The van der Waals surface area contributed by atoms with Crippen molar-refractivity contribution in [1.82, 2.24) is 14.4 Å². The number of benzene rings is 1. The Morgan fingerprint density at radius 2 is 1.87 bits per heavy atom. The van der Waals surface area contributed by atoms with Crippen molar-refractivity contribution < 1.29 is 13.2 Å². The number of hydrogen-bond donors (Lipinski definition) is 2. The zero-order valence-electron chi connectivity index (χ0n) is 17.2. The molecule has 0 saturated heterocycles. The zero-order chi connectivity index (χ0) is 22.1. The summed E-state index contributed by atoms with van der Waals surface area (Å²) in [4.78, 5) is 30.8. The van der Waals surface area contributed by atoms with Gasteiger partial charge in [-0.25, -0.2) is 22.8 Å². The highest BCUT2D eigenvalue weighted by molar-refractivity contribution is 7.89. The van der Waals surface area contributed by atoms with Crippen LogP contribution in [0.2, 0.25) is 0 Å². The average molecular weight is 449 g/mol. The Hall–Kier alpha value is -2.56. The van der Waals surface area contributed by atoms with Crippen molar-refractivity contribution in [1.29, 1.82) is 0 Å². The van der Waals surface area contributed by atoms with Gasteiger partial charge in [-0.1, -0.05) is 26.0 Å². The highest BCUT2D eigenvalue weighted by Crippen LogP contribution is 2.25. The summed E-state index contributed by atoms with van der Waals surface area (Å²) in [5.41, 5.74) is 3.98. The summed E-state index contributed by atoms with van der Waals surface area (Å²) in [5, 5.41) is 0.478. The van der Waals surface area contributed by atoms with E-state index in [0.717, 1.165) is 20.7 Å². The Morgan fingerprint density at radius 1 is 1.20 bits per heavy atom. The van der Waals surface area contributed by atoms with Crippen molar-refractivity contribution >= 4 is 37.5 Å². The molecule has 0 unspecified atom stereocenters. The fourth-order valence-electron chi connectivity index (χ4n) is 2.92. The van der Waals surface area contributed by atoms with Gasteiger partial charge >= 0.3 is 0 Å². The van der Waals surface area contributed by atoms with Gasteiger partial charge in [0, 0.05) is 17.8 Å².